The predicted octanol–water partition coefficient (Wildman–Crippen LogP) is -2.03. The van der Waals surface area contributed by atoms with Gasteiger partial charge in [-0.15, -0.1) is 0 Å². The first-order valence-electron chi connectivity index (χ1n) is 8.07. The molecule has 1 aliphatic rings. The van der Waals surface area contributed by atoms with E-state index in [2.05, 4.69) is 10.3 Å². The fourth-order valence-electron chi connectivity index (χ4n) is 2.64. The van der Waals surface area contributed by atoms with E-state index < -0.39 is 42.2 Å². The summed E-state index contributed by atoms with van der Waals surface area (Å²) in [7, 11) is 0. The molecule has 1 fully saturated rings. The molecule has 1 saturated heterocycles. The monoisotopic (exact) mass is 356 g/mol. The highest BCUT2D eigenvalue weighted by Crippen LogP contribution is 2.28. The first-order valence-corrected chi connectivity index (χ1v) is 8.07. The van der Waals surface area contributed by atoms with Crippen molar-refractivity contribution in [1.82, 2.24) is 14.9 Å². The summed E-state index contributed by atoms with van der Waals surface area (Å²) in [5.41, 5.74) is 4.64. The zero-order valence-electron chi connectivity index (χ0n) is 14.1. The van der Waals surface area contributed by atoms with Crippen LogP contribution in [-0.2, 0) is 9.53 Å². The average molecular weight is 356 g/mol. The van der Waals surface area contributed by atoms with Crippen LogP contribution < -0.4 is 16.7 Å². The van der Waals surface area contributed by atoms with Gasteiger partial charge in [0.2, 0.25) is 0 Å². The van der Waals surface area contributed by atoms with Crippen LogP contribution >= 0.6 is 0 Å². The molecule has 0 saturated carbocycles. The molecule has 6 N–H and O–H groups in total. The third-order valence-corrected chi connectivity index (χ3v) is 4.48. The van der Waals surface area contributed by atoms with Crippen molar-refractivity contribution in [2.75, 3.05) is 12.3 Å². The lowest BCUT2D eigenvalue weighted by molar-refractivity contribution is -0.139. The molecule has 1 aromatic rings. The number of amides is 1. The van der Waals surface area contributed by atoms with Crippen LogP contribution in [0.3, 0.4) is 0 Å². The van der Waals surface area contributed by atoms with Gasteiger partial charge in [0, 0.05) is 6.20 Å². The predicted molar refractivity (Wildman–Crippen MR) is 87.3 cm³/mol. The number of nitrogens with one attached hydrogen (secondary N) is 1. The zero-order valence-corrected chi connectivity index (χ0v) is 14.1. The second-order valence-corrected chi connectivity index (χ2v) is 6.15. The Bertz CT molecular complexity index is 666. The Labute approximate surface area is 144 Å². The van der Waals surface area contributed by atoms with Crippen LogP contribution in [0, 0.1) is 5.92 Å². The molecular formula is C15H24N4O6. The van der Waals surface area contributed by atoms with Gasteiger partial charge in [-0.05, 0) is 12.0 Å². The van der Waals surface area contributed by atoms with Gasteiger partial charge < -0.3 is 31.1 Å². The van der Waals surface area contributed by atoms with Gasteiger partial charge in [-0.1, -0.05) is 20.3 Å². The summed E-state index contributed by atoms with van der Waals surface area (Å²) in [5, 5.41) is 32.3. The van der Waals surface area contributed by atoms with Crippen LogP contribution in [0.15, 0.2) is 17.1 Å². The molecule has 0 bridgehead atoms. The van der Waals surface area contributed by atoms with E-state index in [9.17, 15) is 24.9 Å². The van der Waals surface area contributed by atoms with Crippen molar-refractivity contribution in [2.24, 2.45) is 5.92 Å². The second-order valence-electron chi connectivity index (χ2n) is 6.15. The molecule has 2 heterocycles. The number of carbonyl (C=O) groups is 1. The van der Waals surface area contributed by atoms with Crippen molar-refractivity contribution in [2.45, 2.75) is 50.8 Å². The summed E-state index contributed by atoms with van der Waals surface area (Å²) >= 11 is 0. The Kier molecular flexibility index (Phi) is 6.11. The van der Waals surface area contributed by atoms with E-state index in [1.165, 1.54) is 12.3 Å². The Morgan fingerprint density at radius 3 is 2.72 bits per heavy atom. The lowest BCUT2D eigenvalue weighted by atomic mass is 9.99. The fraction of sp³-hybridized carbons (Fsp3) is 0.667. The molecule has 0 radical (unpaired) electrons. The normalized spacial score (nSPS) is 28.5. The number of aliphatic hydroxyl groups excluding tert-OH is 3. The van der Waals surface area contributed by atoms with Crippen molar-refractivity contribution in [3.05, 3.63) is 22.7 Å². The van der Waals surface area contributed by atoms with E-state index in [-0.39, 0.29) is 18.3 Å². The van der Waals surface area contributed by atoms with Gasteiger partial charge in [0.15, 0.2) is 12.3 Å². The van der Waals surface area contributed by atoms with Gasteiger partial charge in [-0.2, -0.15) is 4.98 Å². The minimum atomic E-state index is -1.54. The Balaban J connectivity index is 2.16. The number of anilines is 1. The molecular weight excluding hydrogens is 332 g/mol. The smallest absolute Gasteiger partial charge is 0.351 e. The number of nitrogens with two attached hydrogens (primary N) is 1. The number of carbonyl (C=O) groups excluding carboxylic acids is 1. The third-order valence-electron chi connectivity index (χ3n) is 4.48. The van der Waals surface area contributed by atoms with E-state index >= 15 is 0 Å². The van der Waals surface area contributed by atoms with Gasteiger partial charge in [0.05, 0.1) is 12.6 Å². The quantitative estimate of drug-likeness (QED) is 0.390. The summed E-state index contributed by atoms with van der Waals surface area (Å²) in [5.74, 6) is -0.662. The standard InChI is InChI=1S/C15H24N4O6/c1-3-7(2)8(6-20)17-13(23)12-10(21)11(22)14(25-12)19-5-4-9(16)18-15(19)24/h4-5,7-8,10-12,14,20-22H,3,6H2,1-2H3,(H,17,23)(H2,16,18,24)/t7-,8+,10-,11+,12-,14+/m0/s1. The van der Waals surface area contributed by atoms with Crippen molar-refractivity contribution < 1.29 is 24.9 Å². The largest absolute Gasteiger partial charge is 0.394 e. The van der Waals surface area contributed by atoms with Crippen molar-refractivity contribution in [1.29, 1.82) is 0 Å². The van der Waals surface area contributed by atoms with Crippen molar-refractivity contribution in [3.8, 4) is 0 Å². The van der Waals surface area contributed by atoms with Gasteiger partial charge in [-0.3, -0.25) is 9.36 Å². The third kappa shape index (κ3) is 3.98. The van der Waals surface area contributed by atoms with Gasteiger partial charge >= 0.3 is 5.69 Å². The van der Waals surface area contributed by atoms with E-state index in [4.69, 9.17) is 10.5 Å². The summed E-state index contributed by atoms with van der Waals surface area (Å²) in [4.78, 5) is 27.8. The molecule has 0 unspecified atom stereocenters. The van der Waals surface area contributed by atoms with Crippen LogP contribution in [0.2, 0.25) is 0 Å². The van der Waals surface area contributed by atoms with Crippen LogP contribution in [0.5, 0.6) is 0 Å². The minimum Gasteiger partial charge on any atom is -0.394 e. The van der Waals surface area contributed by atoms with E-state index in [1.54, 1.807) is 0 Å². The number of ether oxygens (including phenoxy) is 1. The van der Waals surface area contributed by atoms with Crippen molar-refractivity contribution >= 4 is 11.7 Å². The molecule has 6 atom stereocenters. The van der Waals surface area contributed by atoms with E-state index in [0.717, 1.165) is 11.0 Å². The molecule has 2 rings (SSSR count). The van der Waals surface area contributed by atoms with Gasteiger partial charge in [0.25, 0.3) is 5.91 Å². The van der Waals surface area contributed by atoms with Gasteiger partial charge in [0.1, 0.15) is 18.0 Å². The number of nitrogens with zero attached hydrogens (tertiary/aromatic N) is 2. The lowest BCUT2D eigenvalue weighted by Crippen LogP contribution is -2.49. The zero-order chi connectivity index (χ0) is 18.7. The molecule has 0 aromatic carbocycles. The topological polar surface area (TPSA) is 160 Å². The highest BCUT2D eigenvalue weighted by molar-refractivity contribution is 5.82. The van der Waals surface area contributed by atoms with Crippen LogP contribution in [0.4, 0.5) is 5.82 Å². The summed E-state index contributed by atoms with van der Waals surface area (Å²) in [6.45, 7) is 3.52. The molecule has 1 amide bonds. The number of hydrogen-bond donors (Lipinski definition) is 5. The highest BCUT2D eigenvalue weighted by atomic mass is 16.6. The SMILES string of the molecule is CC[C@H](C)[C@@H](CO)NC(=O)[C@H]1O[C@@H](n2ccc(N)nc2=O)[C@H](O)[C@@H]1O. The Morgan fingerprint density at radius 1 is 1.48 bits per heavy atom. The number of aliphatic hydroxyl groups is 3. The molecule has 25 heavy (non-hydrogen) atoms. The lowest BCUT2D eigenvalue weighted by Gasteiger charge is -2.24. The Morgan fingerprint density at radius 2 is 2.16 bits per heavy atom. The van der Waals surface area contributed by atoms with Crippen molar-refractivity contribution in [3.63, 3.8) is 0 Å². The summed E-state index contributed by atoms with van der Waals surface area (Å²) < 4.78 is 6.36. The van der Waals surface area contributed by atoms with E-state index in [0.29, 0.717) is 0 Å². The van der Waals surface area contributed by atoms with Crippen LogP contribution in [-0.4, -0.2) is 61.7 Å². The molecule has 140 valence electrons. The minimum absolute atomic E-state index is 0.00270. The number of aromatic nitrogens is 2. The highest BCUT2D eigenvalue weighted by Gasteiger charge is 2.48. The average Bonchev–Trinajstić information content (AvgIpc) is 2.87. The van der Waals surface area contributed by atoms with E-state index in [1.807, 2.05) is 13.8 Å². The molecule has 1 aliphatic heterocycles. The molecule has 1 aromatic heterocycles. The summed E-state index contributed by atoms with van der Waals surface area (Å²) in [6, 6.07) is 0.826. The van der Waals surface area contributed by atoms with Gasteiger partial charge in [-0.25, -0.2) is 4.79 Å². The number of nitrogen functional groups attached to an aromatic ring is 1. The maximum atomic E-state index is 12.4. The van der Waals surface area contributed by atoms with Crippen LogP contribution in [0.1, 0.15) is 26.5 Å². The Hall–Kier alpha value is -2.01. The first-order chi connectivity index (χ1) is 11.8. The number of rotatable bonds is 6. The molecule has 10 nitrogen and oxygen atoms in total. The molecule has 10 heteroatoms. The fourth-order valence-corrected chi connectivity index (χ4v) is 2.64. The first kappa shape index (κ1) is 19.3. The molecule has 0 aliphatic carbocycles. The summed E-state index contributed by atoms with van der Waals surface area (Å²) in [6.07, 6.45) is -3.70. The van der Waals surface area contributed by atoms with Crippen LogP contribution in [0.25, 0.3) is 0 Å². The maximum Gasteiger partial charge on any atom is 0.351 e. The number of hydrogen-bond acceptors (Lipinski definition) is 8. The maximum absolute atomic E-state index is 12.4. The second kappa shape index (κ2) is 7.91. The molecule has 0 spiro atoms.